The second-order valence-electron chi connectivity index (χ2n) is 5.03. The van der Waals surface area contributed by atoms with Crippen LogP contribution in [0.4, 0.5) is 4.39 Å². The zero-order valence-electron chi connectivity index (χ0n) is 11.0. The van der Waals surface area contributed by atoms with Gasteiger partial charge in [-0.05, 0) is 24.5 Å². The molecule has 2 unspecified atom stereocenters. The third kappa shape index (κ3) is 2.28. The van der Waals surface area contributed by atoms with E-state index in [1.807, 2.05) is 10.6 Å². The normalized spacial score (nSPS) is 21.3. The molecule has 0 spiro atoms. The summed E-state index contributed by atoms with van der Waals surface area (Å²) in [4.78, 5) is 15.0. The van der Waals surface area contributed by atoms with Crippen molar-refractivity contribution in [3.63, 3.8) is 0 Å². The van der Waals surface area contributed by atoms with E-state index >= 15 is 0 Å². The molecule has 6 heteroatoms. The average Bonchev–Trinajstić information content (AvgIpc) is 3.09. The number of imidazole rings is 1. The van der Waals surface area contributed by atoms with Crippen LogP contribution in [-0.2, 0) is 4.79 Å². The van der Waals surface area contributed by atoms with Crippen molar-refractivity contribution >= 4 is 28.8 Å². The summed E-state index contributed by atoms with van der Waals surface area (Å²) in [5, 5.41) is 9.42. The summed E-state index contributed by atoms with van der Waals surface area (Å²) >= 11 is 1.16. The van der Waals surface area contributed by atoms with Crippen LogP contribution < -0.4 is 0 Å². The lowest BCUT2D eigenvalue weighted by Crippen LogP contribution is -2.03. The highest BCUT2D eigenvalue weighted by molar-refractivity contribution is 7.99. The summed E-state index contributed by atoms with van der Waals surface area (Å²) in [7, 11) is 0. The Labute approximate surface area is 120 Å². The lowest BCUT2D eigenvalue weighted by Gasteiger charge is -2.07. The zero-order valence-corrected chi connectivity index (χ0v) is 11.9. The van der Waals surface area contributed by atoms with Crippen molar-refractivity contribution in [2.24, 2.45) is 5.92 Å². The number of rotatable bonds is 5. The Morgan fingerprint density at radius 3 is 3.05 bits per heavy atom. The summed E-state index contributed by atoms with van der Waals surface area (Å²) < 4.78 is 15.9. The van der Waals surface area contributed by atoms with E-state index in [-0.39, 0.29) is 11.6 Å². The van der Waals surface area contributed by atoms with Gasteiger partial charge < -0.3 is 9.67 Å². The van der Waals surface area contributed by atoms with Crippen LogP contribution in [0.25, 0.3) is 11.0 Å². The molecule has 0 radical (unpaired) electrons. The molecule has 1 saturated carbocycles. The van der Waals surface area contributed by atoms with Crippen LogP contribution >= 0.6 is 11.8 Å². The fourth-order valence-electron chi connectivity index (χ4n) is 2.60. The monoisotopic (exact) mass is 294 g/mol. The van der Waals surface area contributed by atoms with Gasteiger partial charge in [0.2, 0.25) is 0 Å². The topological polar surface area (TPSA) is 55.1 Å². The molecule has 0 bridgehead atoms. The maximum atomic E-state index is 13.8. The lowest BCUT2D eigenvalue weighted by molar-refractivity contribution is -0.133. The standard InChI is InChI=1S/C14H15FN2O2S/c1-2-8-6-11(8)17-10-5-3-4-9(15)13(10)16-14(17)20-7-12(18)19/h3-5,8,11H,2,6-7H2,1H3,(H,18,19). The predicted molar refractivity (Wildman–Crippen MR) is 75.5 cm³/mol. The fourth-order valence-corrected chi connectivity index (χ4v) is 3.38. The molecule has 20 heavy (non-hydrogen) atoms. The molecule has 106 valence electrons. The third-order valence-electron chi connectivity index (χ3n) is 3.70. The SMILES string of the molecule is CCC1CC1n1c(SCC(=O)O)nc2c(F)cccc21. The number of benzene rings is 1. The molecule has 4 nitrogen and oxygen atoms in total. The smallest absolute Gasteiger partial charge is 0.313 e. The van der Waals surface area contributed by atoms with E-state index in [0.29, 0.717) is 22.6 Å². The number of carboxylic acid groups (broad SMARTS) is 1. The first-order valence-corrected chi connectivity index (χ1v) is 7.61. The second-order valence-corrected chi connectivity index (χ2v) is 5.97. The minimum absolute atomic E-state index is 0.0611. The number of carbonyl (C=O) groups is 1. The molecule has 1 fully saturated rings. The van der Waals surface area contributed by atoms with Crippen molar-refractivity contribution in [1.82, 2.24) is 9.55 Å². The number of halogens is 1. The van der Waals surface area contributed by atoms with Gasteiger partial charge in [0, 0.05) is 6.04 Å². The van der Waals surface area contributed by atoms with Crippen LogP contribution in [0.3, 0.4) is 0 Å². The van der Waals surface area contributed by atoms with Crippen LogP contribution in [0, 0.1) is 11.7 Å². The van der Waals surface area contributed by atoms with Crippen molar-refractivity contribution < 1.29 is 14.3 Å². The number of aliphatic carboxylic acids is 1. The Hall–Kier alpha value is -1.56. The van der Waals surface area contributed by atoms with E-state index in [1.54, 1.807) is 6.07 Å². The fraction of sp³-hybridized carbons (Fsp3) is 0.429. The maximum Gasteiger partial charge on any atom is 0.313 e. The Morgan fingerprint density at radius 2 is 2.40 bits per heavy atom. The Balaban J connectivity index is 2.05. The zero-order chi connectivity index (χ0) is 14.3. The van der Waals surface area contributed by atoms with E-state index in [2.05, 4.69) is 11.9 Å². The average molecular weight is 294 g/mol. The summed E-state index contributed by atoms with van der Waals surface area (Å²) in [5.41, 5.74) is 1.10. The summed E-state index contributed by atoms with van der Waals surface area (Å²) in [5.74, 6) is -0.724. The first-order valence-electron chi connectivity index (χ1n) is 6.62. The molecule has 1 aliphatic carbocycles. The Morgan fingerprint density at radius 1 is 1.60 bits per heavy atom. The quantitative estimate of drug-likeness (QED) is 0.859. The highest BCUT2D eigenvalue weighted by Crippen LogP contribution is 2.48. The number of hydrogen-bond acceptors (Lipinski definition) is 3. The van der Waals surface area contributed by atoms with Crippen molar-refractivity contribution in [3.05, 3.63) is 24.0 Å². The predicted octanol–water partition coefficient (Wildman–Crippen LogP) is 3.32. The Kier molecular flexibility index (Phi) is 3.41. The van der Waals surface area contributed by atoms with Gasteiger partial charge in [-0.1, -0.05) is 31.2 Å². The Bertz CT molecular complexity index is 670. The maximum absolute atomic E-state index is 13.8. The molecule has 1 aliphatic rings. The van der Waals surface area contributed by atoms with Crippen molar-refractivity contribution in [2.75, 3.05) is 5.75 Å². The molecule has 1 heterocycles. The van der Waals surface area contributed by atoms with Gasteiger partial charge in [0.15, 0.2) is 11.0 Å². The van der Waals surface area contributed by atoms with Gasteiger partial charge in [0.25, 0.3) is 0 Å². The number of fused-ring (bicyclic) bond motifs is 1. The first-order chi connectivity index (χ1) is 9.61. The highest BCUT2D eigenvalue weighted by Gasteiger charge is 2.39. The van der Waals surface area contributed by atoms with Crippen molar-refractivity contribution in [3.8, 4) is 0 Å². The highest BCUT2D eigenvalue weighted by atomic mass is 32.2. The van der Waals surface area contributed by atoms with Crippen LogP contribution in [-0.4, -0.2) is 26.4 Å². The van der Waals surface area contributed by atoms with Crippen molar-refractivity contribution in [1.29, 1.82) is 0 Å². The molecular weight excluding hydrogens is 279 g/mol. The van der Waals surface area contributed by atoms with Gasteiger partial charge in [-0.25, -0.2) is 9.37 Å². The lowest BCUT2D eigenvalue weighted by atomic mass is 10.3. The summed E-state index contributed by atoms with van der Waals surface area (Å²) in [6.07, 6.45) is 2.13. The van der Waals surface area contributed by atoms with Crippen LogP contribution in [0.2, 0.25) is 0 Å². The first kappa shape index (κ1) is 13.4. The van der Waals surface area contributed by atoms with Crippen LogP contribution in [0.1, 0.15) is 25.8 Å². The molecule has 1 N–H and O–H groups in total. The number of carboxylic acids is 1. The number of nitrogens with zero attached hydrogens (tertiary/aromatic N) is 2. The number of hydrogen-bond donors (Lipinski definition) is 1. The largest absolute Gasteiger partial charge is 0.481 e. The molecule has 0 saturated heterocycles. The second kappa shape index (κ2) is 5.09. The molecule has 0 aliphatic heterocycles. The molecule has 2 aromatic rings. The summed E-state index contributed by atoms with van der Waals surface area (Å²) in [6, 6.07) is 5.23. The van der Waals surface area contributed by atoms with Crippen molar-refractivity contribution in [2.45, 2.75) is 31.0 Å². The molecule has 2 atom stereocenters. The number of thioether (sulfide) groups is 1. The molecule has 0 amide bonds. The number of aromatic nitrogens is 2. The van der Waals surface area contributed by atoms with Gasteiger partial charge >= 0.3 is 5.97 Å². The van der Waals surface area contributed by atoms with E-state index < -0.39 is 5.97 Å². The van der Waals surface area contributed by atoms with Gasteiger partial charge in [0.05, 0.1) is 11.3 Å². The van der Waals surface area contributed by atoms with Crippen LogP contribution in [0.5, 0.6) is 0 Å². The van der Waals surface area contributed by atoms with Gasteiger partial charge in [-0.3, -0.25) is 4.79 Å². The molecule has 1 aromatic heterocycles. The van der Waals surface area contributed by atoms with Gasteiger partial charge in [-0.2, -0.15) is 0 Å². The number of para-hydroxylation sites is 1. The van der Waals surface area contributed by atoms with E-state index in [9.17, 15) is 9.18 Å². The molecular formula is C14H15FN2O2S. The van der Waals surface area contributed by atoms with E-state index in [4.69, 9.17) is 5.11 Å². The molecule has 1 aromatic carbocycles. The van der Waals surface area contributed by atoms with Gasteiger partial charge in [-0.15, -0.1) is 0 Å². The third-order valence-corrected chi connectivity index (χ3v) is 4.64. The van der Waals surface area contributed by atoms with E-state index in [1.165, 1.54) is 6.07 Å². The van der Waals surface area contributed by atoms with Crippen LogP contribution in [0.15, 0.2) is 23.4 Å². The minimum Gasteiger partial charge on any atom is -0.481 e. The van der Waals surface area contributed by atoms with Gasteiger partial charge in [0.1, 0.15) is 5.52 Å². The minimum atomic E-state index is -0.892. The summed E-state index contributed by atoms with van der Waals surface area (Å²) in [6.45, 7) is 2.13. The van der Waals surface area contributed by atoms with E-state index in [0.717, 1.165) is 30.1 Å². The molecule has 3 rings (SSSR count).